The van der Waals surface area contributed by atoms with Crippen LogP contribution in [0, 0.1) is 0 Å². The molecule has 14 rings (SSSR count). The lowest BCUT2D eigenvalue weighted by Crippen LogP contribution is -2.25. The molecule has 2 spiro atoms. The average molecular weight is 828 g/mol. The first-order valence-corrected chi connectivity index (χ1v) is 22.6. The highest BCUT2D eigenvalue weighted by atomic mass is 14.9. The third kappa shape index (κ3) is 4.95. The number of nitrogens with one attached hydrogen (secondary N) is 3. The molecule has 0 heterocycles. The van der Waals surface area contributed by atoms with Crippen LogP contribution in [0.3, 0.4) is 0 Å². The molecule has 0 radical (unpaired) electrons. The van der Waals surface area contributed by atoms with E-state index in [1.54, 1.807) is 0 Å². The Morgan fingerprint density at radius 3 is 0.646 bits per heavy atom. The molecule has 0 bridgehead atoms. The first kappa shape index (κ1) is 36.1. The highest BCUT2D eigenvalue weighted by Crippen LogP contribution is 2.64. The molecule has 4 aliphatic rings. The molecule has 0 aliphatic heterocycles. The Hall–Kier alpha value is -8.40. The van der Waals surface area contributed by atoms with E-state index in [9.17, 15) is 0 Å². The van der Waals surface area contributed by atoms with Gasteiger partial charge >= 0.3 is 0 Å². The lowest BCUT2D eigenvalue weighted by atomic mass is 9.70. The quantitative estimate of drug-likeness (QED) is 0.156. The summed E-state index contributed by atoms with van der Waals surface area (Å²) in [6.45, 7) is 0. The van der Waals surface area contributed by atoms with Crippen LogP contribution in [0.1, 0.15) is 44.5 Å². The SMILES string of the molecule is c1ccc2c(c1)-c1ccccc1C21c2ccccc2-c2ccc(Nc3ccc(Nc4ccc(Nc5ccc6c(c5)C5(c7ccccc7-c7ccccc75)c5ccccc5-6)cc4)cc3)cc21. The lowest BCUT2D eigenvalue weighted by Gasteiger charge is -2.30. The maximum absolute atomic E-state index is 3.75. The summed E-state index contributed by atoms with van der Waals surface area (Å²) in [5.41, 5.74) is 26.8. The summed E-state index contributed by atoms with van der Waals surface area (Å²) in [6.07, 6.45) is 0. The molecule has 4 aliphatic carbocycles. The van der Waals surface area contributed by atoms with Crippen LogP contribution in [-0.4, -0.2) is 0 Å². The molecule has 0 atom stereocenters. The van der Waals surface area contributed by atoms with Crippen LogP contribution in [0.2, 0.25) is 0 Å². The molecule has 0 saturated heterocycles. The van der Waals surface area contributed by atoms with Crippen molar-refractivity contribution in [2.24, 2.45) is 0 Å². The summed E-state index contributed by atoms with van der Waals surface area (Å²) >= 11 is 0. The summed E-state index contributed by atoms with van der Waals surface area (Å²) in [7, 11) is 0. The Balaban J connectivity index is 0.721. The van der Waals surface area contributed by atoms with Gasteiger partial charge in [0.2, 0.25) is 0 Å². The maximum atomic E-state index is 3.75. The Morgan fingerprint density at radius 2 is 0.385 bits per heavy atom. The first-order chi connectivity index (χ1) is 32.2. The maximum Gasteiger partial charge on any atom is 0.0726 e. The molecular formula is C62H41N3. The van der Waals surface area contributed by atoms with E-state index in [1.807, 2.05) is 0 Å². The summed E-state index contributed by atoms with van der Waals surface area (Å²) < 4.78 is 0. The molecule has 0 fully saturated rings. The van der Waals surface area contributed by atoms with Crippen molar-refractivity contribution in [2.45, 2.75) is 10.8 Å². The van der Waals surface area contributed by atoms with E-state index < -0.39 is 0 Å². The fourth-order valence-corrected chi connectivity index (χ4v) is 12.1. The van der Waals surface area contributed by atoms with E-state index in [4.69, 9.17) is 0 Å². The zero-order chi connectivity index (χ0) is 42.7. The molecule has 304 valence electrons. The molecular weight excluding hydrogens is 787 g/mol. The van der Waals surface area contributed by atoms with Gasteiger partial charge in [-0.3, -0.25) is 0 Å². The third-order valence-corrected chi connectivity index (χ3v) is 14.6. The average Bonchev–Trinajstić information content (AvgIpc) is 4.04. The normalized spacial score (nSPS) is 14.1. The summed E-state index contributed by atoms with van der Waals surface area (Å²) in [5.74, 6) is 0. The molecule has 3 N–H and O–H groups in total. The van der Waals surface area contributed by atoms with Gasteiger partial charge in [-0.25, -0.2) is 0 Å². The third-order valence-electron chi connectivity index (χ3n) is 14.6. The highest BCUT2D eigenvalue weighted by Gasteiger charge is 2.53. The van der Waals surface area contributed by atoms with Crippen molar-refractivity contribution < 1.29 is 0 Å². The topological polar surface area (TPSA) is 36.1 Å². The minimum absolute atomic E-state index is 0.360. The van der Waals surface area contributed by atoms with Crippen molar-refractivity contribution in [1.82, 2.24) is 0 Å². The Morgan fingerprint density at radius 1 is 0.185 bits per heavy atom. The molecule has 3 heteroatoms. The molecule has 0 unspecified atom stereocenters. The molecule has 3 nitrogen and oxygen atoms in total. The fraction of sp³-hybridized carbons (Fsp3) is 0.0323. The van der Waals surface area contributed by atoms with Crippen LogP contribution in [0.25, 0.3) is 44.5 Å². The van der Waals surface area contributed by atoms with E-state index in [2.05, 4.69) is 246 Å². The molecule has 0 amide bonds. The van der Waals surface area contributed by atoms with Crippen molar-refractivity contribution in [3.05, 3.63) is 275 Å². The Labute approximate surface area is 378 Å². The van der Waals surface area contributed by atoms with E-state index in [0.29, 0.717) is 0 Å². The molecule has 65 heavy (non-hydrogen) atoms. The molecule has 0 aromatic heterocycles. The van der Waals surface area contributed by atoms with E-state index in [1.165, 1.54) is 89.0 Å². The number of hydrogen-bond donors (Lipinski definition) is 3. The highest BCUT2D eigenvalue weighted by molar-refractivity contribution is 5.97. The second-order valence-electron chi connectivity index (χ2n) is 17.8. The summed E-state index contributed by atoms with van der Waals surface area (Å²) in [5, 5.41) is 11.1. The minimum Gasteiger partial charge on any atom is -0.356 e. The van der Waals surface area contributed by atoms with Gasteiger partial charge in [0.25, 0.3) is 0 Å². The first-order valence-electron chi connectivity index (χ1n) is 22.6. The Kier molecular flexibility index (Phi) is 7.53. The lowest BCUT2D eigenvalue weighted by molar-refractivity contribution is 0.794. The summed E-state index contributed by atoms with van der Waals surface area (Å²) in [4.78, 5) is 0. The second-order valence-corrected chi connectivity index (χ2v) is 17.8. The van der Waals surface area contributed by atoms with Gasteiger partial charge in [0.05, 0.1) is 10.8 Å². The Bertz CT molecular complexity index is 3220. The van der Waals surface area contributed by atoms with Gasteiger partial charge < -0.3 is 16.0 Å². The van der Waals surface area contributed by atoms with Crippen LogP contribution in [-0.2, 0) is 10.8 Å². The molecule has 10 aromatic carbocycles. The van der Waals surface area contributed by atoms with Gasteiger partial charge in [0.1, 0.15) is 0 Å². The van der Waals surface area contributed by atoms with Gasteiger partial charge in [0, 0.05) is 34.1 Å². The van der Waals surface area contributed by atoms with Crippen LogP contribution in [0.4, 0.5) is 34.1 Å². The zero-order valence-corrected chi connectivity index (χ0v) is 35.4. The number of rotatable bonds is 6. The van der Waals surface area contributed by atoms with Crippen molar-refractivity contribution in [3.8, 4) is 44.5 Å². The number of benzene rings is 10. The van der Waals surface area contributed by atoms with E-state index >= 15 is 0 Å². The van der Waals surface area contributed by atoms with Gasteiger partial charge in [-0.15, -0.1) is 0 Å². The van der Waals surface area contributed by atoms with Gasteiger partial charge in [-0.2, -0.15) is 0 Å². The van der Waals surface area contributed by atoms with Crippen molar-refractivity contribution >= 4 is 34.1 Å². The van der Waals surface area contributed by atoms with Crippen LogP contribution < -0.4 is 16.0 Å². The standard InChI is InChI=1S/C62H41N3/c1-7-19-53-45(13-1)46-14-2-8-20-54(46)61(53)57-23-11-5-17-49(57)51-35-33-43(37-59(51)61)64-41-29-25-39(26-30-41)63-40-27-31-42(32-28-40)65-44-34-36-52-50-18-6-12-24-58(50)62(60(52)38-44)55-21-9-3-15-47(55)48-16-4-10-22-56(48)62/h1-38,63-65H. The smallest absolute Gasteiger partial charge is 0.0726 e. The predicted molar refractivity (Wildman–Crippen MR) is 268 cm³/mol. The molecule has 0 saturated carbocycles. The van der Waals surface area contributed by atoms with E-state index in [-0.39, 0.29) is 10.8 Å². The van der Waals surface area contributed by atoms with Crippen LogP contribution in [0.15, 0.2) is 231 Å². The number of hydrogen-bond acceptors (Lipinski definition) is 3. The van der Waals surface area contributed by atoms with Gasteiger partial charge in [0.15, 0.2) is 0 Å². The number of anilines is 6. The predicted octanol–water partition coefficient (Wildman–Crippen LogP) is 15.6. The van der Waals surface area contributed by atoms with Crippen molar-refractivity contribution in [3.63, 3.8) is 0 Å². The molecule has 10 aromatic rings. The summed E-state index contributed by atoms with van der Waals surface area (Å²) in [6, 6.07) is 84.7. The largest absolute Gasteiger partial charge is 0.356 e. The number of fused-ring (bicyclic) bond motifs is 20. The fourth-order valence-electron chi connectivity index (χ4n) is 12.1. The van der Waals surface area contributed by atoms with Crippen molar-refractivity contribution in [1.29, 1.82) is 0 Å². The monoisotopic (exact) mass is 827 g/mol. The minimum atomic E-state index is -0.360. The van der Waals surface area contributed by atoms with Gasteiger partial charge in [-0.05, 0) is 162 Å². The van der Waals surface area contributed by atoms with Gasteiger partial charge in [-0.1, -0.05) is 158 Å². The van der Waals surface area contributed by atoms with Crippen LogP contribution >= 0.6 is 0 Å². The van der Waals surface area contributed by atoms with E-state index in [0.717, 1.165) is 34.1 Å². The second kappa shape index (κ2) is 13.6. The zero-order valence-electron chi connectivity index (χ0n) is 35.4. The van der Waals surface area contributed by atoms with Crippen LogP contribution in [0.5, 0.6) is 0 Å². The van der Waals surface area contributed by atoms with Crippen molar-refractivity contribution in [2.75, 3.05) is 16.0 Å².